The molecule has 2 aromatic rings. The second kappa shape index (κ2) is 6.54. The van der Waals surface area contributed by atoms with Crippen molar-refractivity contribution in [3.63, 3.8) is 0 Å². The van der Waals surface area contributed by atoms with Crippen LogP contribution in [0.2, 0.25) is 0 Å². The first-order valence-corrected chi connectivity index (χ1v) is 9.34. The number of aryl methyl sites for hydroxylation is 1. The van der Waals surface area contributed by atoms with Gasteiger partial charge in [-0.1, -0.05) is 0 Å². The molecule has 2 heterocycles. The van der Waals surface area contributed by atoms with E-state index in [-0.39, 0.29) is 23.3 Å². The summed E-state index contributed by atoms with van der Waals surface area (Å²) in [6.07, 6.45) is 0.763. The van der Waals surface area contributed by atoms with Crippen molar-refractivity contribution < 1.29 is 22.4 Å². The predicted molar refractivity (Wildman–Crippen MR) is 88.5 cm³/mol. The molecule has 0 spiro atoms. The van der Waals surface area contributed by atoms with Crippen LogP contribution in [0.25, 0.3) is 11.0 Å². The lowest BCUT2D eigenvalue weighted by atomic mass is 10.1. The van der Waals surface area contributed by atoms with Gasteiger partial charge < -0.3 is 14.5 Å². The van der Waals surface area contributed by atoms with Gasteiger partial charge in [0.2, 0.25) is 15.8 Å². The van der Waals surface area contributed by atoms with Crippen LogP contribution in [0.1, 0.15) is 29.5 Å². The van der Waals surface area contributed by atoms with Gasteiger partial charge in [0.25, 0.3) is 0 Å². The minimum Gasteiger partial charge on any atom is -0.460 e. The highest BCUT2D eigenvalue weighted by Crippen LogP contribution is 2.28. The molecule has 130 valence electrons. The maximum absolute atomic E-state index is 12.5. The number of sulfonamides is 1. The van der Waals surface area contributed by atoms with E-state index in [2.05, 4.69) is 10.0 Å². The van der Waals surface area contributed by atoms with Crippen LogP contribution in [-0.4, -0.2) is 40.1 Å². The third kappa shape index (κ3) is 3.17. The zero-order chi connectivity index (χ0) is 17.3. The van der Waals surface area contributed by atoms with Gasteiger partial charge in [0.1, 0.15) is 5.58 Å². The number of rotatable bonds is 5. The number of furan rings is 1. The summed E-state index contributed by atoms with van der Waals surface area (Å²) in [4.78, 5) is 12.0. The van der Waals surface area contributed by atoms with Gasteiger partial charge in [-0.15, -0.1) is 0 Å². The van der Waals surface area contributed by atoms with Crippen molar-refractivity contribution in [1.82, 2.24) is 10.0 Å². The number of hydrogen-bond donors (Lipinski definition) is 2. The Bertz CT molecular complexity index is 866. The summed E-state index contributed by atoms with van der Waals surface area (Å²) in [5, 5.41) is 3.71. The molecule has 2 N–H and O–H groups in total. The first-order chi connectivity index (χ1) is 11.4. The Morgan fingerprint density at radius 3 is 2.92 bits per heavy atom. The molecule has 1 atom stereocenters. The number of carbonyl (C=O) groups is 1. The van der Waals surface area contributed by atoms with Gasteiger partial charge in [0.15, 0.2) is 0 Å². The third-order valence-corrected chi connectivity index (χ3v) is 5.58. The monoisotopic (exact) mass is 352 g/mol. The molecule has 7 nitrogen and oxygen atoms in total. The zero-order valence-electron chi connectivity index (χ0n) is 13.6. The molecule has 0 amide bonds. The summed E-state index contributed by atoms with van der Waals surface area (Å²) in [6, 6.07) is 4.46. The van der Waals surface area contributed by atoms with E-state index in [0.717, 1.165) is 13.0 Å². The molecule has 1 aromatic carbocycles. The highest BCUT2D eigenvalue weighted by atomic mass is 32.2. The van der Waals surface area contributed by atoms with Crippen LogP contribution in [0.4, 0.5) is 0 Å². The molecule has 24 heavy (non-hydrogen) atoms. The van der Waals surface area contributed by atoms with Gasteiger partial charge in [-0.2, -0.15) is 0 Å². The van der Waals surface area contributed by atoms with E-state index in [1.807, 2.05) is 0 Å². The molecule has 1 aromatic heterocycles. The smallest absolute Gasteiger partial charge is 0.374 e. The van der Waals surface area contributed by atoms with Gasteiger partial charge >= 0.3 is 5.97 Å². The number of hydrogen-bond acceptors (Lipinski definition) is 6. The molecule has 0 aliphatic carbocycles. The summed E-state index contributed by atoms with van der Waals surface area (Å²) in [7, 11) is -3.62. The molecule has 0 saturated carbocycles. The third-order valence-electron chi connectivity index (χ3n) is 4.06. The summed E-state index contributed by atoms with van der Waals surface area (Å²) < 4.78 is 38.2. The highest BCUT2D eigenvalue weighted by Gasteiger charge is 2.25. The zero-order valence-corrected chi connectivity index (χ0v) is 14.4. The van der Waals surface area contributed by atoms with E-state index in [1.165, 1.54) is 12.1 Å². The van der Waals surface area contributed by atoms with Crippen molar-refractivity contribution in [3.8, 4) is 0 Å². The van der Waals surface area contributed by atoms with Crippen LogP contribution in [0, 0.1) is 6.92 Å². The predicted octanol–water partition coefficient (Wildman–Crippen LogP) is 1.56. The SMILES string of the molecule is CCOC(=O)c1oc2ccc(S(=O)(=O)N[C@@H]3CCNC3)cc2c1C. The Morgan fingerprint density at radius 1 is 1.46 bits per heavy atom. The van der Waals surface area contributed by atoms with E-state index < -0.39 is 16.0 Å². The van der Waals surface area contributed by atoms with Gasteiger partial charge in [-0.25, -0.2) is 17.9 Å². The molecule has 0 unspecified atom stereocenters. The summed E-state index contributed by atoms with van der Waals surface area (Å²) in [5.41, 5.74) is 1.03. The first kappa shape index (κ1) is 16.9. The Balaban J connectivity index is 1.95. The molecular formula is C16H20N2O5S. The van der Waals surface area contributed by atoms with E-state index in [9.17, 15) is 13.2 Å². The number of esters is 1. The number of fused-ring (bicyclic) bond motifs is 1. The van der Waals surface area contributed by atoms with Crippen molar-refractivity contribution in [2.24, 2.45) is 0 Å². The summed E-state index contributed by atoms with van der Waals surface area (Å²) in [5.74, 6) is -0.444. The molecule has 1 saturated heterocycles. The van der Waals surface area contributed by atoms with Crippen molar-refractivity contribution in [3.05, 3.63) is 29.5 Å². The molecule has 0 radical (unpaired) electrons. The summed E-state index contributed by atoms with van der Waals surface area (Å²) in [6.45, 7) is 5.09. The Morgan fingerprint density at radius 2 is 2.25 bits per heavy atom. The highest BCUT2D eigenvalue weighted by molar-refractivity contribution is 7.89. The van der Waals surface area contributed by atoms with Gasteiger partial charge in [-0.3, -0.25) is 0 Å². The van der Waals surface area contributed by atoms with Crippen LogP contribution >= 0.6 is 0 Å². The molecule has 8 heteroatoms. The quantitative estimate of drug-likeness (QED) is 0.793. The fourth-order valence-electron chi connectivity index (χ4n) is 2.80. The lowest BCUT2D eigenvalue weighted by Crippen LogP contribution is -2.36. The Kier molecular flexibility index (Phi) is 4.62. The van der Waals surface area contributed by atoms with Crippen LogP contribution in [-0.2, 0) is 14.8 Å². The van der Waals surface area contributed by atoms with Crippen LogP contribution in [0.5, 0.6) is 0 Å². The second-order valence-electron chi connectivity index (χ2n) is 5.75. The topological polar surface area (TPSA) is 97.6 Å². The average Bonchev–Trinajstić information content (AvgIpc) is 3.15. The van der Waals surface area contributed by atoms with E-state index >= 15 is 0 Å². The van der Waals surface area contributed by atoms with E-state index in [4.69, 9.17) is 9.15 Å². The Hall–Kier alpha value is -1.90. The lowest BCUT2D eigenvalue weighted by Gasteiger charge is -2.12. The molecule has 1 aliphatic rings. The standard InChI is InChI=1S/C16H20N2O5S/c1-3-22-16(19)15-10(2)13-8-12(4-5-14(13)23-15)24(20,21)18-11-6-7-17-9-11/h4-5,8,11,17-18H,3,6-7,9H2,1-2H3/t11-/m1/s1. The second-order valence-corrected chi connectivity index (χ2v) is 7.46. The summed E-state index contributed by atoms with van der Waals surface area (Å²) >= 11 is 0. The van der Waals surface area contributed by atoms with Crippen molar-refractivity contribution >= 4 is 27.0 Å². The van der Waals surface area contributed by atoms with Gasteiger partial charge in [0, 0.05) is 23.5 Å². The molecule has 0 bridgehead atoms. The van der Waals surface area contributed by atoms with E-state index in [1.54, 1.807) is 19.9 Å². The van der Waals surface area contributed by atoms with Gasteiger partial charge in [-0.05, 0) is 45.0 Å². The minimum absolute atomic E-state index is 0.105. The van der Waals surface area contributed by atoms with Crippen LogP contribution in [0.15, 0.2) is 27.5 Å². The molecule has 1 aliphatic heterocycles. The number of benzene rings is 1. The van der Waals surface area contributed by atoms with Gasteiger partial charge in [0.05, 0.1) is 11.5 Å². The number of carbonyl (C=O) groups excluding carboxylic acids is 1. The molecule has 3 rings (SSSR count). The van der Waals surface area contributed by atoms with Crippen molar-refractivity contribution in [1.29, 1.82) is 0 Å². The molecule has 1 fully saturated rings. The van der Waals surface area contributed by atoms with Crippen LogP contribution < -0.4 is 10.0 Å². The normalized spacial score (nSPS) is 18.2. The van der Waals surface area contributed by atoms with Crippen molar-refractivity contribution in [2.75, 3.05) is 19.7 Å². The molecular weight excluding hydrogens is 332 g/mol. The average molecular weight is 352 g/mol. The number of nitrogens with one attached hydrogen (secondary N) is 2. The fraction of sp³-hybridized carbons (Fsp3) is 0.438. The van der Waals surface area contributed by atoms with E-state index in [0.29, 0.717) is 23.1 Å². The fourth-order valence-corrected chi connectivity index (χ4v) is 4.10. The lowest BCUT2D eigenvalue weighted by molar-refractivity contribution is 0.0491. The minimum atomic E-state index is -3.62. The first-order valence-electron chi connectivity index (χ1n) is 7.85. The maximum Gasteiger partial charge on any atom is 0.374 e. The maximum atomic E-state index is 12.5. The number of ether oxygens (including phenoxy) is 1. The largest absolute Gasteiger partial charge is 0.460 e. The Labute approximate surface area is 140 Å². The van der Waals surface area contributed by atoms with Crippen molar-refractivity contribution in [2.45, 2.75) is 31.2 Å². The van der Waals surface area contributed by atoms with Crippen LogP contribution in [0.3, 0.4) is 0 Å².